The van der Waals surface area contributed by atoms with Crippen molar-refractivity contribution < 1.29 is 4.39 Å². The fourth-order valence-corrected chi connectivity index (χ4v) is 1.30. The molecule has 1 aromatic carbocycles. The molecule has 0 aliphatic heterocycles. The molecule has 0 fully saturated rings. The number of rotatable bonds is 4. The Morgan fingerprint density at radius 1 is 1.40 bits per heavy atom. The van der Waals surface area contributed by atoms with Gasteiger partial charge in [-0.05, 0) is 38.5 Å². The normalized spacial score (nSPS) is 11.5. The molecule has 0 saturated carbocycles. The van der Waals surface area contributed by atoms with Gasteiger partial charge in [0.25, 0.3) is 0 Å². The molecular formula is C12H19FN2. The summed E-state index contributed by atoms with van der Waals surface area (Å²) in [7, 11) is 1.94. The molecule has 0 aliphatic carbocycles. The SMILES string of the molecule is CN(CCC(C)(C)N)c1cccc(F)c1. The van der Waals surface area contributed by atoms with E-state index in [1.807, 2.05) is 31.9 Å². The summed E-state index contributed by atoms with van der Waals surface area (Å²) in [5, 5.41) is 0. The number of hydrogen-bond acceptors (Lipinski definition) is 2. The molecule has 0 amide bonds. The van der Waals surface area contributed by atoms with Gasteiger partial charge >= 0.3 is 0 Å². The van der Waals surface area contributed by atoms with Crippen LogP contribution in [0.3, 0.4) is 0 Å². The van der Waals surface area contributed by atoms with E-state index in [0.717, 1.165) is 18.7 Å². The first-order valence-electron chi connectivity index (χ1n) is 5.14. The zero-order valence-electron chi connectivity index (χ0n) is 9.63. The van der Waals surface area contributed by atoms with Gasteiger partial charge in [0.1, 0.15) is 5.82 Å². The Labute approximate surface area is 90.9 Å². The van der Waals surface area contributed by atoms with E-state index in [-0.39, 0.29) is 11.4 Å². The zero-order chi connectivity index (χ0) is 11.5. The van der Waals surface area contributed by atoms with Crippen LogP contribution in [0.25, 0.3) is 0 Å². The van der Waals surface area contributed by atoms with Crippen LogP contribution in [0.5, 0.6) is 0 Å². The first kappa shape index (κ1) is 12.0. The van der Waals surface area contributed by atoms with E-state index in [1.54, 1.807) is 6.07 Å². The summed E-state index contributed by atoms with van der Waals surface area (Å²) in [6.45, 7) is 4.81. The summed E-state index contributed by atoms with van der Waals surface area (Å²) >= 11 is 0. The van der Waals surface area contributed by atoms with E-state index in [1.165, 1.54) is 12.1 Å². The second kappa shape index (κ2) is 4.62. The molecule has 0 atom stereocenters. The van der Waals surface area contributed by atoms with Crippen LogP contribution >= 0.6 is 0 Å². The Bertz CT molecular complexity index is 318. The van der Waals surface area contributed by atoms with Gasteiger partial charge in [-0.2, -0.15) is 0 Å². The first-order chi connectivity index (χ1) is 6.88. The maximum Gasteiger partial charge on any atom is 0.125 e. The van der Waals surface area contributed by atoms with E-state index in [0.29, 0.717) is 0 Å². The molecule has 0 saturated heterocycles. The van der Waals surface area contributed by atoms with Crippen molar-refractivity contribution in [3.63, 3.8) is 0 Å². The average molecular weight is 210 g/mol. The molecule has 0 bridgehead atoms. The minimum Gasteiger partial charge on any atom is -0.374 e. The zero-order valence-corrected chi connectivity index (χ0v) is 9.63. The highest BCUT2D eigenvalue weighted by atomic mass is 19.1. The van der Waals surface area contributed by atoms with E-state index in [9.17, 15) is 4.39 Å². The van der Waals surface area contributed by atoms with Crippen LogP contribution in [0.4, 0.5) is 10.1 Å². The third-order valence-corrected chi connectivity index (χ3v) is 2.34. The van der Waals surface area contributed by atoms with Crippen LogP contribution in [-0.2, 0) is 0 Å². The fourth-order valence-electron chi connectivity index (χ4n) is 1.30. The Hall–Kier alpha value is -1.09. The van der Waals surface area contributed by atoms with Gasteiger partial charge in [0.2, 0.25) is 0 Å². The van der Waals surface area contributed by atoms with Crippen molar-refractivity contribution >= 4 is 5.69 Å². The first-order valence-corrected chi connectivity index (χ1v) is 5.14. The predicted octanol–water partition coefficient (Wildman–Crippen LogP) is 2.39. The van der Waals surface area contributed by atoms with Crippen LogP contribution in [0.1, 0.15) is 20.3 Å². The Morgan fingerprint density at radius 2 is 2.07 bits per heavy atom. The number of nitrogens with zero attached hydrogens (tertiary/aromatic N) is 1. The molecule has 1 aromatic rings. The van der Waals surface area contributed by atoms with Crippen LogP contribution in [0, 0.1) is 5.82 Å². The van der Waals surface area contributed by atoms with Crippen molar-refractivity contribution in [2.75, 3.05) is 18.5 Å². The molecule has 15 heavy (non-hydrogen) atoms. The van der Waals surface area contributed by atoms with Crippen LogP contribution in [0.2, 0.25) is 0 Å². The summed E-state index contributed by atoms with van der Waals surface area (Å²) < 4.78 is 13.0. The molecule has 2 nitrogen and oxygen atoms in total. The van der Waals surface area contributed by atoms with Crippen molar-refractivity contribution in [2.45, 2.75) is 25.8 Å². The molecule has 0 radical (unpaired) electrons. The average Bonchev–Trinajstić information content (AvgIpc) is 2.13. The van der Waals surface area contributed by atoms with E-state index < -0.39 is 0 Å². The molecule has 0 spiro atoms. The van der Waals surface area contributed by atoms with Gasteiger partial charge in [-0.1, -0.05) is 6.07 Å². The molecule has 0 heterocycles. The number of hydrogen-bond donors (Lipinski definition) is 1. The van der Waals surface area contributed by atoms with Gasteiger partial charge in [-0.25, -0.2) is 4.39 Å². The lowest BCUT2D eigenvalue weighted by Gasteiger charge is -2.25. The van der Waals surface area contributed by atoms with Gasteiger partial charge in [0.05, 0.1) is 0 Å². The smallest absolute Gasteiger partial charge is 0.125 e. The van der Waals surface area contributed by atoms with Crippen molar-refractivity contribution in [2.24, 2.45) is 5.73 Å². The second-order valence-corrected chi connectivity index (χ2v) is 4.64. The van der Waals surface area contributed by atoms with Crippen molar-refractivity contribution in [1.82, 2.24) is 0 Å². The maximum absolute atomic E-state index is 13.0. The highest BCUT2D eigenvalue weighted by Crippen LogP contribution is 2.15. The highest BCUT2D eigenvalue weighted by molar-refractivity contribution is 5.45. The lowest BCUT2D eigenvalue weighted by Crippen LogP contribution is -2.36. The third-order valence-electron chi connectivity index (χ3n) is 2.34. The Balaban J connectivity index is 2.58. The molecule has 2 N–H and O–H groups in total. The molecule has 0 aromatic heterocycles. The second-order valence-electron chi connectivity index (χ2n) is 4.64. The van der Waals surface area contributed by atoms with Crippen LogP contribution in [0.15, 0.2) is 24.3 Å². The van der Waals surface area contributed by atoms with Crippen molar-refractivity contribution in [1.29, 1.82) is 0 Å². The lowest BCUT2D eigenvalue weighted by atomic mass is 10.0. The van der Waals surface area contributed by atoms with Gasteiger partial charge in [-0.15, -0.1) is 0 Å². The van der Waals surface area contributed by atoms with E-state index in [4.69, 9.17) is 5.73 Å². The molecule has 3 heteroatoms. The van der Waals surface area contributed by atoms with E-state index in [2.05, 4.69) is 0 Å². The number of anilines is 1. The predicted molar refractivity (Wildman–Crippen MR) is 62.6 cm³/mol. The monoisotopic (exact) mass is 210 g/mol. The summed E-state index contributed by atoms with van der Waals surface area (Å²) in [6.07, 6.45) is 0.875. The standard InChI is InChI=1S/C12H19FN2/c1-12(2,14)7-8-15(3)11-6-4-5-10(13)9-11/h4-6,9H,7-8,14H2,1-3H3. The molecule has 1 rings (SSSR count). The fraction of sp³-hybridized carbons (Fsp3) is 0.500. The summed E-state index contributed by atoms with van der Waals surface area (Å²) in [5.41, 5.74) is 6.60. The molecule has 0 aliphatic rings. The van der Waals surface area contributed by atoms with Crippen molar-refractivity contribution in [3.8, 4) is 0 Å². The molecule has 84 valence electrons. The summed E-state index contributed by atoms with van der Waals surface area (Å²) in [6, 6.07) is 6.59. The highest BCUT2D eigenvalue weighted by Gasteiger charge is 2.12. The molecular weight excluding hydrogens is 191 g/mol. The Morgan fingerprint density at radius 3 is 2.60 bits per heavy atom. The third kappa shape index (κ3) is 4.30. The topological polar surface area (TPSA) is 29.3 Å². The van der Waals surface area contributed by atoms with Crippen molar-refractivity contribution in [3.05, 3.63) is 30.1 Å². The Kier molecular flexibility index (Phi) is 3.69. The van der Waals surface area contributed by atoms with Gasteiger partial charge in [0, 0.05) is 24.8 Å². The molecule has 0 unspecified atom stereocenters. The number of halogens is 1. The lowest BCUT2D eigenvalue weighted by molar-refractivity contribution is 0.479. The summed E-state index contributed by atoms with van der Waals surface area (Å²) in [5.74, 6) is -0.202. The van der Waals surface area contributed by atoms with Crippen LogP contribution in [-0.4, -0.2) is 19.1 Å². The van der Waals surface area contributed by atoms with Gasteiger partial charge < -0.3 is 10.6 Å². The number of benzene rings is 1. The maximum atomic E-state index is 13.0. The van der Waals surface area contributed by atoms with Gasteiger partial charge in [-0.3, -0.25) is 0 Å². The summed E-state index contributed by atoms with van der Waals surface area (Å²) in [4.78, 5) is 2.01. The van der Waals surface area contributed by atoms with Crippen LogP contribution < -0.4 is 10.6 Å². The van der Waals surface area contributed by atoms with Gasteiger partial charge in [0.15, 0.2) is 0 Å². The van der Waals surface area contributed by atoms with E-state index >= 15 is 0 Å². The largest absolute Gasteiger partial charge is 0.374 e. The quantitative estimate of drug-likeness (QED) is 0.826. The minimum absolute atomic E-state index is 0.179. The minimum atomic E-state index is -0.202. The number of nitrogens with two attached hydrogens (primary N) is 1.